The molecule has 5 N–H and O–H groups in total. The summed E-state index contributed by atoms with van der Waals surface area (Å²) in [6, 6.07) is 0. The first kappa shape index (κ1) is 7.88. The Bertz CT molecular complexity index is 35.4. The normalized spacial score (nSPS) is 9.75. The van der Waals surface area contributed by atoms with E-state index < -0.39 is 0 Å². The SMILES string of the molecule is [NH3+]CCCCCNO. The van der Waals surface area contributed by atoms with Crippen LogP contribution in [0.15, 0.2) is 0 Å². The molecular weight excluding hydrogens is 104 g/mol. The van der Waals surface area contributed by atoms with Crippen molar-refractivity contribution in [2.45, 2.75) is 19.3 Å². The Labute approximate surface area is 49.8 Å². The van der Waals surface area contributed by atoms with Crippen LogP contribution >= 0.6 is 0 Å². The summed E-state index contributed by atoms with van der Waals surface area (Å²) < 4.78 is 0. The zero-order valence-electron chi connectivity index (χ0n) is 5.19. The summed E-state index contributed by atoms with van der Waals surface area (Å²) in [6.45, 7) is 1.71. The van der Waals surface area contributed by atoms with Gasteiger partial charge in [0, 0.05) is 6.54 Å². The van der Waals surface area contributed by atoms with Gasteiger partial charge >= 0.3 is 0 Å². The first-order valence-corrected chi connectivity index (χ1v) is 3.08. The van der Waals surface area contributed by atoms with Crippen molar-refractivity contribution in [3.8, 4) is 0 Å². The molecule has 0 atom stereocenters. The molecule has 3 nitrogen and oxygen atoms in total. The second-order valence-corrected chi connectivity index (χ2v) is 1.82. The molecular formula is C5H15N2O+. The third-order valence-corrected chi connectivity index (χ3v) is 1.04. The van der Waals surface area contributed by atoms with Gasteiger partial charge < -0.3 is 10.9 Å². The second kappa shape index (κ2) is 6.88. The highest BCUT2D eigenvalue weighted by Crippen LogP contribution is 1.88. The molecule has 0 aromatic carbocycles. The van der Waals surface area contributed by atoms with Gasteiger partial charge in [0.15, 0.2) is 0 Å². The van der Waals surface area contributed by atoms with Gasteiger partial charge in [-0.05, 0) is 19.3 Å². The van der Waals surface area contributed by atoms with E-state index >= 15 is 0 Å². The number of hydrogen-bond acceptors (Lipinski definition) is 2. The zero-order chi connectivity index (χ0) is 6.24. The second-order valence-electron chi connectivity index (χ2n) is 1.82. The molecule has 0 amide bonds. The number of nitrogens with one attached hydrogen (secondary N) is 1. The zero-order valence-corrected chi connectivity index (χ0v) is 5.19. The lowest BCUT2D eigenvalue weighted by atomic mass is 10.2. The van der Waals surface area contributed by atoms with E-state index in [0.29, 0.717) is 6.54 Å². The van der Waals surface area contributed by atoms with Crippen LogP contribution in [0.25, 0.3) is 0 Å². The Balaban J connectivity index is 2.53. The molecule has 0 rings (SSSR count). The average molecular weight is 119 g/mol. The van der Waals surface area contributed by atoms with Gasteiger partial charge in [-0.15, -0.1) is 0 Å². The number of unbranched alkanes of at least 4 members (excludes halogenated alkanes) is 2. The van der Waals surface area contributed by atoms with Crippen molar-refractivity contribution in [2.24, 2.45) is 0 Å². The molecule has 3 heteroatoms. The fourth-order valence-electron chi connectivity index (χ4n) is 0.558. The Morgan fingerprint density at radius 3 is 2.50 bits per heavy atom. The van der Waals surface area contributed by atoms with E-state index in [2.05, 4.69) is 11.2 Å². The van der Waals surface area contributed by atoms with Crippen molar-refractivity contribution in [1.29, 1.82) is 0 Å². The summed E-state index contributed by atoms with van der Waals surface area (Å²) in [5.41, 5.74) is 5.81. The van der Waals surface area contributed by atoms with E-state index in [-0.39, 0.29) is 0 Å². The van der Waals surface area contributed by atoms with Gasteiger partial charge in [0.25, 0.3) is 0 Å². The molecule has 50 valence electrons. The molecule has 0 fully saturated rings. The largest absolute Gasteiger partial charge is 0.358 e. The minimum atomic E-state index is 0.708. The summed E-state index contributed by atoms with van der Waals surface area (Å²) >= 11 is 0. The van der Waals surface area contributed by atoms with E-state index in [0.717, 1.165) is 19.4 Å². The standard InChI is InChI=1S/C5H14N2O/c6-4-2-1-3-5-7-8/h7-8H,1-6H2/p+1. The summed E-state index contributed by atoms with van der Waals surface area (Å²) in [5.74, 6) is 0. The van der Waals surface area contributed by atoms with Gasteiger partial charge in [0.05, 0.1) is 6.54 Å². The van der Waals surface area contributed by atoms with Gasteiger partial charge in [-0.25, -0.2) is 5.48 Å². The van der Waals surface area contributed by atoms with Gasteiger partial charge in [-0.3, -0.25) is 0 Å². The Kier molecular flexibility index (Phi) is 6.78. The number of quaternary nitrogens is 1. The Morgan fingerprint density at radius 2 is 2.00 bits per heavy atom. The minimum Gasteiger partial charge on any atom is -0.358 e. The van der Waals surface area contributed by atoms with Crippen molar-refractivity contribution in [1.82, 2.24) is 5.48 Å². The van der Waals surface area contributed by atoms with Crippen molar-refractivity contribution >= 4 is 0 Å². The molecule has 0 unspecified atom stereocenters. The molecule has 0 aliphatic heterocycles. The summed E-state index contributed by atoms with van der Waals surface area (Å²) in [7, 11) is 0. The van der Waals surface area contributed by atoms with Gasteiger partial charge in [0.1, 0.15) is 0 Å². The molecule has 0 aromatic heterocycles. The van der Waals surface area contributed by atoms with Crippen molar-refractivity contribution in [3.05, 3.63) is 0 Å². The summed E-state index contributed by atoms with van der Waals surface area (Å²) in [4.78, 5) is 0. The lowest BCUT2D eigenvalue weighted by Crippen LogP contribution is -2.50. The maximum Gasteiger partial charge on any atom is 0.0739 e. The van der Waals surface area contributed by atoms with Gasteiger partial charge in [0.2, 0.25) is 0 Å². The molecule has 0 heterocycles. The summed E-state index contributed by atoms with van der Waals surface area (Å²) in [5, 5.41) is 8.10. The van der Waals surface area contributed by atoms with Crippen LogP contribution in [0.5, 0.6) is 0 Å². The molecule has 0 spiro atoms. The number of hydrogen-bond donors (Lipinski definition) is 3. The number of hydroxylamine groups is 1. The third kappa shape index (κ3) is 5.88. The fraction of sp³-hybridized carbons (Fsp3) is 1.00. The van der Waals surface area contributed by atoms with E-state index in [1.54, 1.807) is 0 Å². The average Bonchev–Trinajstić information content (AvgIpc) is 1.81. The van der Waals surface area contributed by atoms with E-state index in [1.807, 2.05) is 0 Å². The lowest BCUT2D eigenvalue weighted by Gasteiger charge is -1.93. The fourth-order valence-corrected chi connectivity index (χ4v) is 0.558. The first-order valence-electron chi connectivity index (χ1n) is 3.08. The molecule has 0 saturated carbocycles. The van der Waals surface area contributed by atoms with Crippen LogP contribution in [0.3, 0.4) is 0 Å². The van der Waals surface area contributed by atoms with Crippen molar-refractivity contribution < 1.29 is 10.9 Å². The molecule has 0 radical (unpaired) electrons. The van der Waals surface area contributed by atoms with Crippen LogP contribution in [-0.4, -0.2) is 18.3 Å². The molecule has 0 bridgehead atoms. The van der Waals surface area contributed by atoms with E-state index in [1.165, 1.54) is 6.42 Å². The van der Waals surface area contributed by atoms with E-state index in [9.17, 15) is 0 Å². The molecule has 0 saturated heterocycles. The molecule has 8 heavy (non-hydrogen) atoms. The topological polar surface area (TPSA) is 59.9 Å². The van der Waals surface area contributed by atoms with Crippen LogP contribution in [0.2, 0.25) is 0 Å². The van der Waals surface area contributed by atoms with Crippen LogP contribution in [0, 0.1) is 0 Å². The minimum absolute atomic E-state index is 0.708. The Morgan fingerprint density at radius 1 is 1.25 bits per heavy atom. The first-order chi connectivity index (χ1) is 3.91. The third-order valence-electron chi connectivity index (χ3n) is 1.04. The van der Waals surface area contributed by atoms with Crippen LogP contribution in [0.1, 0.15) is 19.3 Å². The summed E-state index contributed by atoms with van der Waals surface area (Å²) in [6.07, 6.45) is 3.38. The van der Waals surface area contributed by atoms with Gasteiger partial charge in [-0.2, -0.15) is 0 Å². The highest BCUT2D eigenvalue weighted by molar-refractivity contribution is 4.39. The van der Waals surface area contributed by atoms with Crippen LogP contribution < -0.4 is 11.2 Å². The highest BCUT2D eigenvalue weighted by atomic mass is 16.5. The smallest absolute Gasteiger partial charge is 0.0739 e. The molecule has 0 aliphatic carbocycles. The highest BCUT2D eigenvalue weighted by Gasteiger charge is 1.84. The van der Waals surface area contributed by atoms with Crippen LogP contribution in [0.4, 0.5) is 0 Å². The monoisotopic (exact) mass is 119 g/mol. The molecule has 0 aliphatic rings. The number of rotatable bonds is 5. The lowest BCUT2D eigenvalue weighted by molar-refractivity contribution is -0.368. The van der Waals surface area contributed by atoms with Gasteiger partial charge in [-0.1, -0.05) is 0 Å². The Hall–Kier alpha value is -0.120. The maximum absolute atomic E-state index is 8.10. The quantitative estimate of drug-likeness (QED) is 0.333. The van der Waals surface area contributed by atoms with Crippen molar-refractivity contribution in [3.63, 3.8) is 0 Å². The molecule has 0 aromatic rings. The predicted molar refractivity (Wildman–Crippen MR) is 31.4 cm³/mol. The predicted octanol–water partition coefficient (Wildman–Crippen LogP) is -0.623. The van der Waals surface area contributed by atoms with E-state index in [4.69, 9.17) is 5.21 Å². The van der Waals surface area contributed by atoms with Crippen molar-refractivity contribution in [2.75, 3.05) is 13.1 Å². The maximum atomic E-state index is 8.10. The van der Waals surface area contributed by atoms with Crippen LogP contribution in [-0.2, 0) is 0 Å².